The maximum absolute atomic E-state index is 8.99. The number of nitriles is 1. The standard InChI is InChI=1S/C23H21N5/c24-11-12-26-15-18-1-5-19(6-2-18)20-7-10-22-23(13-20)28(16-27-22)21-8-3-17(14-25)4-9-21/h1-10,13,16,26H,11-12,15,24H2. The van der Waals surface area contributed by atoms with Crippen LogP contribution in [0.5, 0.6) is 0 Å². The molecule has 0 radical (unpaired) electrons. The van der Waals surface area contributed by atoms with Crippen LogP contribution < -0.4 is 11.1 Å². The zero-order chi connectivity index (χ0) is 19.3. The van der Waals surface area contributed by atoms with Gasteiger partial charge in [0.25, 0.3) is 0 Å². The Kier molecular flexibility index (Phi) is 5.16. The average Bonchev–Trinajstić information content (AvgIpc) is 3.18. The largest absolute Gasteiger partial charge is 0.329 e. The molecule has 0 aliphatic heterocycles. The third-order valence-corrected chi connectivity index (χ3v) is 4.76. The van der Waals surface area contributed by atoms with E-state index in [-0.39, 0.29) is 0 Å². The van der Waals surface area contributed by atoms with Crippen LogP contribution in [0.1, 0.15) is 11.1 Å². The van der Waals surface area contributed by atoms with Crippen LogP contribution in [-0.2, 0) is 6.54 Å². The van der Waals surface area contributed by atoms with Crippen LogP contribution in [0.25, 0.3) is 27.8 Å². The summed E-state index contributed by atoms with van der Waals surface area (Å²) >= 11 is 0. The van der Waals surface area contributed by atoms with Gasteiger partial charge >= 0.3 is 0 Å². The van der Waals surface area contributed by atoms with E-state index >= 15 is 0 Å². The predicted octanol–water partition coefficient (Wildman–Crippen LogP) is 3.61. The molecule has 5 nitrogen and oxygen atoms in total. The molecule has 0 unspecified atom stereocenters. The minimum absolute atomic E-state index is 0.644. The highest BCUT2D eigenvalue weighted by atomic mass is 15.0. The summed E-state index contributed by atoms with van der Waals surface area (Å²) < 4.78 is 2.05. The molecule has 0 saturated carbocycles. The fourth-order valence-electron chi connectivity index (χ4n) is 3.24. The molecule has 0 saturated heterocycles. The minimum atomic E-state index is 0.644. The van der Waals surface area contributed by atoms with Crippen molar-refractivity contribution in [3.63, 3.8) is 0 Å². The molecule has 0 aliphatic rings. The van der Waals surface area contributed by atoms with Crippen molar-refractivity contribution in [2.45, 2.75) is 6.54 Å². The van der Waals surface area contributed by atoms with Gasteiger partial charge in [0.15, 0.2) is 0 Å². The van der Waals surface area contributed by atoms with Crippen molar-refractivity contribution >= 4 is 11.0 Å². The zero-order valence-corrected chi connectivity index (χ0v) is 15.5. The van der Waals surface area contributed by atoms with Crippen LogP contribution in [0.15, 0.2) is 73.1 Å². The normalized spacial score (nSPS) is 10.9. The highest BCUT2D eigenvalue weighted by molar-refractivity contribution is 5.83. The Bertz CT molecular complexity index is 1120. The third kappa shape index (κ3) is 3.65. The quantitative estimate of drug-likeness (QED) is 0.510. The number of aromatic nitrogens is 2. The van der Waals surface area contributed by atoms with Crippen LogP contribution in [0.4, 0.5) is 0 Å². The predicted molar refractivity (Wildman–Crippen MR) is 112 cm³/mol. The van der Waals surface area contributed by atoms with Crippen LogP contribution >= 0.6 is 0 Å². The Labute approximate surface area is 164 Å². The Hall–Kier alpha value is -3.46. The van der Waals surface area contributed by atoms with Gasteiger partial charge in [-0.1, -0.05) is 30.3 Å². The molecule has 4 rings (SSSR count). The van der Waals surface area contributed by atoms with Gasteiger partial charge in [-0.3, -0.25) is 4.57 Å². The topological polar surface area (TPSA) is 79.7 Å². The zero-order valence-electron chi connectivity index (χ0n) is 15.5. The molecule has 3 N–H and O–H groups in total. The van der Waals surface area contributed by atoms with Gasteiger partial charge in [-0.05, 0) is 53.1 Å². The molecule has 138 valence electrons. The number of hydrogen-bond donors (Lipinski definition) is 2. The maximum atomic E-state index is 8.99. The second-order valence-corrected chi connectivity index (χ2v) is 6.64. The number of nitrogens with one attached hydrogen (secondary N) is 1. The molecule has 4 aromatic rings. The van der Waals surface area contributed by atoms with Gasteiger partial charge in [-0.15, -0.1) is 0 Å². The fraction of sp³-hybridized carbons (Fsp3) is 0.130. The lowest BCUT2D eigenvalue weighted by atomic mass is 10.0. The average molecular weight is 367 g/mol. The summed E-state index contributed by atoms with van der Waals surface area (Å²) in [6, 6.07) is 24.5. The molecule has 1 aromatic heterocycles. The molecule has 0 amide bonds. The smallest absolute Gasteiger partial charge is 0.100 e. The van der Waals surface area contributed by atoms with Crippen molar-refractivity contribution in [2.24, 2.45) is 5.73 Å². The van der Waals surface area contributed by atoms with Crippen LogP contribution in [-0.4, -0.2) is 22.6 Å². The second-order valence-electron chi connectivity index (χ2n) is 6.64. The summed E-state index contributed by atoms with van der Waals surface area (Å²) in [5, 5.41) is 12.3. The molecule has 0 aliphatic carbocycles. The van der Waals surface area contributed by atoms with E-state index in [0.29, 0.717) is 12.1 Å². The minimum Gasteiger partial charge on any atom is -0.329 e. The van der Waals surface area contributed by atoms with E-state index in [2.05, 4.69) is 52.8 Å². The summed E-state index contributed by atoms with van der Waals surface area (Å²) in [5.74, 6) is 0. The van der Waals surface area contributed by atoms with Gasteiger partial charge in [-0.25, -0.2) is 4.98 Å². The Morgan fingerprint density at radius 2 is 1.71 bits per heavy atom. The third-order valence-electron chi connectivity index (χ3n) is 4.76. The summed E-state index contributed by atoms with van der Waals surface area (Å²) in [6.07, 6.45) is 1.82. The van der Waals surface area contributed by atoms with E-state index in [4.69, 9.17) is 11.0 Å². The SMILES string of the molecule is N#Cc1ccc(-n2cnc3ccc(-c4ccc(CNCCN)cc4)cc32)cc1. The Morgan fingerprint density at radius 1 is 0.964 bits per heavy atom. The van der Waals surface area contributed by atoms with E-state index < -0.39 is 0 Å². The lowest BCUT2D eigenvalue weighted by molar-refractivity contribution is 0.695. The summed E-state index contributed by atoms with van der Waals surface area (Å²) in [6.45, 7) is 2.28. The van der Waals surface area contributed by atoms with Gasteiger partial charge in [-0.2, -0.15) is 5.26 Å². The fourth-order valence-corrected chi connectivity index (χ4v) is 3.24. The van der Waals surface area contributed by atoms with Crippen LogP contribution in [0.3, 0.4) is 0 Å². The van der Waals surface area contributed by atoms with E-state index in [9.17, 15) is 0 Å². The lowest BCUT2D eigenvalue weighted by Gasteiger charge is -2.08. The number of fused-ring (bicyclic) bond motifs is 1. The molecule has 0 fully saturated rings. The maximum Gasteiger partial charge on any atom is 0.100 e. The Morgan fingerprint density at radius 3 is 2.43 bits per heavy atom. The van der Waals surface area contributed by atoms with Gasteiger partial charge in [0.05, 0.1) is 22.7 Å². The second kappa shape index (κ2) is 8.05. The van der Waals surface area contributed by atoms with Crippen LogP contribution in [0, 0.1) is 11.3 Å². The number of rotatable bonds is 6. The van der Waals surface area contributed by atoms with Gasteiger partial charge in [0, 0.05) is 25.3 Å². The molecule has 3 aromatic carbocycles. The lowest BCUT2D eigenvalue weighted by Crippen LogP contribution is -2.21. The van der Waals surface area contributed by atoms with Crippen molar-refractivity contribution in [1.82, 2.24) is 14.9 Å². The molecule has 0 bridgehead atoms. The number of imidazole rings is 1. The van der Waals surface area contributed by atoms with Crippen LogP contribution in [0.2, 0.25) is 0 Å². The van der Waals surface area contributed by atoms with Crippen molar-refractivity contribution in [3.05, 3.63) is 84.2 Å². The molecular formula is C23H21N5. The first kappa shape index (κ1) is 17.9. The first-order chi connectivity index (χ1) is 13.8. The summed E-state index contributed by atoms with van der Waals surface area (Å²) in [4.78, 5) is 4.51. The number of nitrogens with zero attached hydrogens (tertiary/aromatic N) is 3. The Balaban J connectivity index is 1.64. The monoisotopic (exact) mass is 367 g/mol. The van der Waals surface area contributed by atoms with E-state index in [1.54, 1.807) is 0 Å². The van der Waals surface area contributed by atoms with Crippen molar-refractivity contribution in [3.8, 4) is 22.9 Å². The molecular weight excluding hydrogens is 346 g/mol. The summed E-state index contributed by atoms with van der Waals surface area (Å²) in [5.41, 5.74) is 12.7. The van der Waals surface area contributed by atoms with Gasteiger partial charge in [0.2, 0.25) is 0 Å². The van der Waals surface area contributed by atoms with Gasteiger partial charge in [0.1, 0.15) is 6.33 Å². The van der Waals surface area contributed by atoms with Crippen molar-refractivity contribution < 1.29 is 0 Å². The molecule has 1 heterocycles. The summed E-state index contributed by atoms with van der Waals surface area (Å²) in [7, 11) is 0. The molecule has 0 atom stereocenters. The molecule has 5 heteroatoms. The van der Waals surface area contributed by atoms with Gasteiger partial charge < -0.3 is 11.1 Å². The van der Waals surface area contributed by atoms with E-state index in [1.165, 1.54) is 5.56 Å². The number of benzene rings is 3. The highest BCUT2D eigenvalue weighted by Crippen LogP contribution is 2.26. The van der Waals surface area contributed by atoms with E-state index in [0.717, 1.165) is 40.9 Å². The van der Waals surface area contributed by atoms with E-state index in [1.807, 2.05) is 41.2 Å². The van der Waals surface area contributed by atoms with Crippen molar-refractivity contribution in [2.75, 3.05) is 13.1 Å². The highest BCUT2D eigenvalue weighted by Gasteiger charge is 2.07. The number of hydrogen-bond acceptors (Lipinski definition) is 4. The molecule has 28 heavy (non-hydrogen) atoms. The molecule has 0 spiro atoms. The number of nitrogens with two attached hydrogens (primary N) is 1. The van der Waals surface area contributed by atoms with Crippen molar-refractivity contribution in [1.29, 1.82) is 5.26 Å². The first-order valence-corrected chi connectivity index (χ1v) is 9.26. The first-order valence-electron chi connectivity index (χ1n) is 9.26.